The Balaban J connectivity index is 2.20. The van der Waals surface area contributed by atoms with Gasteiger partial charge in [0.1, 0.15) is 6.07 Å². The second-order valence-electron chi connectivity index (χ2n) is 4.01. The fourth-order valence-electron chi connectivity index (χ4n) is 1.91. The molecule has 0 bridgehead atoms. The summed E-state index contributed by atoms with van der Waals surface area (Å²) in [4.78, 5) is 2.26. The predicted octanol–water partition coefficient (Wildman–Crippen LogP) is 2.08. The Kier molecular flexibility index (Phi) is 3.25. The third kappa shape index (κ3) is 2.10. The monoisotopic (exact) mass is 233 g/mol. The summed E-state index contributed by atoms with van der Waals surface area (Å²) in [6.45, 7) is 0. The fourth-order valence-corrected chi connectivity index (χ4v) is 3.18. The Bertz CT molecular complexity index is 419. The number of nitrogen functional groups attached to an aromatic ring is 1. The fraction of sp³-hybridized carbons (Fsp3) is 0.417. The summed E-state index contributed by atoms with van der Waals surface area (Å²) in [6.07, 6.45) is 1.22. The molecule has 1 aliphatic heterocycles. The van der Waals surface area contributed by atoms with Crippen molar-refractivity contribution < 1.29 is 0 Å². The van der Waals surface area contributed by atoms with Crippen LogP contribution in [0.4, 0.5) is 11.4 Å². The highest BCUT2D eigenvalue weighted by Crippen LogP contribution is 2.27. The molecule has 0 spiro atoms. The molecule has 1 aromatic carbocycles. The first-order chi connectivity index (χ1) is 7.72. The van der Waals surface area contributed by atoms with Crippen LogP contribution in [0.25, 0.3) is 0 Å². The highest BCUT2D eigenvalue weighted by atomic mass is 32.2. The molecule has 0 aromatic heterocycles. The van der Waals surface area contributed by atoms with E-state index in [1.165, 1.54) is 17.9 Å². The van der Waals surface area contributed by atoms with Crippen LogP contribution >= 0.6 is 11.8 Å². The van der Waals surface area contributed by atoms with Crippen LogP contribution in [0.2, 0.25) is 0 Å². The second kappa shape index (κ2) is 4.67. The average Bonchev–Trinajstić information content (AvgIpc) is 2.81. The molecule has 1 heterocycles. The third-order valence-corrected chi connectivity index (χ3v) is 4.16. The highest BCUT2D eigenvalue weighted by molar-refractivity contribution is 7.99. The van der Waals surface area contributed by atoms with Gasteiger partial charge in [-0.05, 0) is 30.4 Å². The molecule has 1 fully saturated rings. The second-order valence-corrected chi connectivity index (χ2v) is 5.16. The molecule has 1 atom stereocenters. The highest BCUT2D eigenvalue weighted by Gasteiger charge is 2.20. The predicted molar refractivity (Wildman–Crippen MR) is 69.7 cm³/mol. The summed E-state index contributed by atoms with van der Waals surface area (Å²) in [5.41, 5.74) is 8.04. The van der Waals surface area contributed by atoms with E-state index in [0.717, 1.165) is 5.69 Å². The van der Waals surface area contributed by atoms with Crippen molar-refractivity contribution in [1.82, 2.24) is 0 Å². The maximum Gasteiger partial charge on any atom is 0.101 e. The van der Waals surface area contributed by atoms with E-state index in [1.807, 2.05) is 23.9 Å². The zero-order chi connectivity index (χ0) is 11.5. The first kappa shape index (κ1) is 11.2. The Labute approximate surface area is 100 Å². The number of nitrogens with zero attached hydrogens (tertiary/aromatic N) is 2. The first-order valence-corrected chi connectivity index (χ1v) is 6.48. The van der Waals surface area contributed by atoms with Crippen molar-refractivity contribution >= 4 is 23.1 Å². The van der Waals surface area contributed by atoms with Gasteiger partial charge in [0.15, 0.2) is 0 Å². The minimum Gasteiger partial charge on any atom is -0.398 e. The summed E-state index contributed by atoms with van der Waals surface area (Å²) in [5, 5.41) is 8.81. The van der Waals surface area contributed by atoms with Gasteiger partial charge in [-0.25, -0.2) is 0 Å². The van der Waals surface area contributed by atoms with Crippen molar-refractivity contribution in [3.63, 3.8) is 0 Å². The van der Waals surface area contributed by atoms with Crippen molar-refractivity contribution in [2.75, 3.05) is 29.2 Å². The van der Waals surface area contributed by atoms with Gasteiger partial charge in [-0.15, -0.1) is 0 Å². The summed E-state index contributed by atoms with van der Waals surface area (Å²) < 4.78 is 0. The number of hydrogen-bond donors (Lipinski definition) is 1. The van der Waals surface area contributed by atoms with Crippen LogP contribution in [0.1, 0.15) is 12.0 Å². The smallest absolute Gasteiger partial charge is 0.101 e. The molecule has 1 aliphatic rings. The van der Waals surface area contributed by atoms with Crippen molar-refractivity contribution in [2.45, 2.75) is 12.5 Å². The van der Waals surface area contributed by atoms with Gasteiger partial charge in [0.25, 0.3) is 0 Å². The molecule has 1 unspecified atom stereocenters. The van der Waals surface area contributed by atoms with Crippen LogP contribution < -0.4 is 10.6 Å². The number of nitriles is 1. The minimum absolute atomic E-state index is 0.554. The molecule has 84 valence electrons. The van der Waals surface area contributed by atoms with E-state index >= 15 is 0 Å². The van der Waals surface area contributed by atoms with Crippen LogP contribution in [0, 0.1) is 11.3 Å². The maximum absolute atomic E-state index is 8.81. The molecule has 4 heteroatoms. The van der Waals surface area contributed by atoms with Crippen molar-refractivity contribution in [3.8, 4) is 6.07 Å². The van der Waals surface area contributed by atoms with Gasteiger partial charge < -0.3 is 10.6 Å². The number of nitrogens with two attached hydrogens (primary N) is 1. The van der Waals surface area contributed by atoms with E-state index in [4.69, 9.17) is 11.0 Å². The molecule has 1 aromatic rings. The standard InChI is InChI=1S/C12H15N3S/c1-15(11-4-5-16-8-11)10-3-2-9(7-13)12(14)6-10/h2-3,6,11H,4-5,8,14H2,1H3. The van der Waals surface area contributed by atoms with Crippen LogP contribution in [0.15, 0.2) is 18.2 Å². The zero-order valence-corrected chi connectivity index (χ0v) is 10.1. The topological polar surface area (TPSA) is 53.0 Å². The van der Waals surface area contributed by atoms with E-state index in [9.17, 15) is 0 Å². The lowest BCUT2D eigenvalue weighted by molar-refractivity contribution is 0.700. The van der Waals surface area contributed by atoms with E-state index < -0.39 is 0 Å². The first-order valence-electron chi connectivity index (χ1n) is 5.32. The normalized spacial score (nSPS) is 19.4. The van der Waals surface area contributed by atoms with Crippen molar-refractivity contribution in [1.29, 1.82) is 5.26 Å². The summed E-state index contributed by atoms with van der Waals surface area (Å²) in [5.74, 6) is 2.41. The van der Waals surface area contributed by atoms with Crippen molar-refractivity contribution in [2.24, 2.45) is 0 Å². The lowest BCUT2D eigenvalue weighted by Gasteiger charge is -2.26. The molecule has 3 nitrogen and oxygen atoms in total. The minimum atomic E-state index is 0.554. The summed E-state index contributed by atoms with van der Waals surface area (Å²) in [6, 6.07) is 8.33. The van der Waals surface area contributed by atoms with Gasteiger partial charge in [0, 0.05) is 24.5 Å². The van der Waals surface area contributed by atoms with Crippen LogP contribution in [-0.2, 0) is 0 Å². The van der Waals surface area contributed by atoms with Gasteiger partial charge in [0.05, 0.1) is 11.3 Å². The molecule has 0 radical (unpaired) electrons. The van der Waals surface area contributed by atoms with Gasteiger partial charge in [-0.1, -0.05) is 0 Å². The average molecular weight is 233 g/mol. The molecule has 1 saturated heterocycles. The number of hydrogen-bond acceptors (Lipinski definition) is 4. The van der Waals surface area contributed by atoms with E-state index in [-0.39, 0.29) is 0 Å². The largest absolute Gasteiger partial charge is 0.398 e. The molecular formula is C12H15N3S. The quantitative estimate of drug-likeness (QED) is 0.795. The van der Waals surface area contributed by atoms with Crippen molar-refractivity contribution in [3.05, 3.63) is 23.8 Å². The number of anilines is 2. The van der Waals surface area contributed by atoms with E-state index in [1.54, 1.807) is 6.07 Å². The van der Waals surface area contributed by atoms with Gasteiger partial charge in [-0.2, -0.15) is 17.0 Å². The SMILES string of the molecule is CN(c1ccc(C#N)c(N)c1)C1CCSC1. The Morgan fingerprint density at radius 3 is 2.94 bits per heavy atom. The van der Waals surface area contributed by atoms with Crippen LogP contribution in [0.5, 0.6) is 0 Å². The molecule has 2 N–H and O–H groups in total. The Morgan fingerprint density at radius 1 is 1.56 bits per heavy atom. The Morgan fingerprint density at radius 2 is 2.38 bits per heavy atom. The lowest BCUT2D eigenvalue weighted by Crippen LogP contribution is -2.31. The van der Waals surface area contributed by atoms with Crippen LogP contribution in [-0.4, -0.2) is 24.6 Å². The maximum atomic E-state index is 8.81. The van der Waals surface area contributed by atoms with Gasteiger partial charge in [-0.3, -0.25) is 0 Å². The zero-order valence-electron chi connectivity index (χ0n) is 9.31. The summed E-state index contributed by atoms with van der Waals surface area (Å²) >= 11 is 1.99. The molecule has 16 heavy (non-hydrogen) atoms. The third-order valence-electron chi connectivity index (χ3n) is 3.02. The van der Waals surface area contributed by atoms with Gasteiger partial charge in [0.2, 0.25) is 0 Å². The van der Waals surface area contributed by atoms with Gasteiger partial charge >= 0.3 is 0 Å². The molecule has 0 amide bonds. The number of benzene rings is 1. The van der Waals surface area contributed by atoms with Crippen LogP contribution in [0.3, 0.4) is 0 Å². The molecule has 0 aliphatic carbocycles. The van der Waals surface area contributed by atoms with E-state index in [0.29, 0.717) is 17.3 Å². The molecule has 0 saturated carbocycles. The molecular weight excluding hydrogens is 218 g/mol. The number of thioether (sulfide) groups is 1. The Hall–Kier alpha value is -1.34. The summed E-state index contributed by atoms with van der Waals surface area (Å²) in [7, 11) is 2.09. The van der Waals surface area contributed by atoms with E-state index in [2.05, 4.69) is 18.0 Å². The number of rotatable bonds is 2. The molecule has 2 rings (SSSR count). The lowest BCUT2D eigenvalue weighted by atomic mass is 10.1.